The van der Waals surface area contributed by atoms with Gasteiger partial charge in [0.25, 0.3) is 0 Å². The van der Waals surface area contributed by atoms with Gasteiger partial charge < -0.3 is 15.0 Å². The number of nitrogens with zero attached hydrogens (tertiary/aromatic N) is 3. The molecule has 1 amide bonds. The first kappa shape index (κ1) is 19.0. The summed E-state index contributed by atoms with van der Waals surface area (Å²) in [6.07, 6.45) is 6.67. The van der Waals surface area contributed by atoms with E-state index in [0.717, 1.165) is 42.3 Å². The van der Waals surface area contributed by atoms with Gasteiger partial charge in [-0.25, -0.2) is 4.98 Å². The number of rotatable bonds is 8. The van der Waals surface area contributed by atoms with Crippen molar-refractivity contribution in [1.29, 1.82) is 0 Å². The van der Waals surface area contributed by atoms with Crippen molar-refractivity contribution in [2.45, 2.75) is 45.3 Å². The molecule has 0 spiro atoms. The Morgan fingerprint density at radius 2 is 2.11 bits per heavy atom. The molecule has 1 aliphatic heterocycles. The van der Waals surface area contributed by atoms with Gasteiger partial charge in [-0.3, -0.25) is 9.20 Å². The maximum Gasteiger partial charge on any atom is 0.223 e. The second-order valence-electron chi connectivity index (χ2n) is 7.29. The van der Waals surface area contributed by atoms with Crippen molar-refractivity contribution in [3.8, 4) is 5.75 Å². The van der Waals surface area contributed by atoms with Gasteiger partial charge in [-0.1, -0.05) is 12.1 Å². The van der Waals surface area contributed by atoms with Crippen LogP contribution in [0.4, 0.5) is 0 Å². The van der Waals surface area contributed by atoms with Crippen LogP contribution in [0.25, 0.3) is 4.96 Å². The molecule has 0 radical (unpaired) electrons. The van der Waals surface area contributed by atoms with Crippen molar-refractivity contribution in [3.63, 3.8) is 0 Å². The number of likely N-dealkylation sites (tertiary alicyclic amines) is 1. The molecule has 1 saturated heterocycles. The van der Waals surface area contributed by atoms with Crippen molar-refractivity contribution in [2.24, 2.45) is 0 Å². The lowest BCUT2D eigenvalue weighted by atomic mass is 10.1. The summed E-state index contributed by atoms with van der Waals surface area (Å²) < 4.78 is 7.25. The van der Waals surface area contributed by atoms with Gasteiger partial charge in [-0.2, -0.15) is 0 Å². The minimum Gasteiger partial charge on any atom is -0.497 e. The largest absolute Gasteiger partial charge is 0.497 e. The van der Waals surface area contributed by atoms with E-state index in [0.29, 0.717) is 13.0 Å². The minimum absolute atomic E-state index is 0.243. The number of carbonyl (C=O) groups excluding carboxylic acids is 1. The average Bonchev–Trinajstić information content (AvgIpc) is 3.33. The summed E-state index contributed by atoms with van der Waals surface area (Å²) in [4.78, 5) is 21.3. The molecular weight excluding hydrogens is 372 g/mol. The highest BCUT2D eigenvalue weighted by Gasteiger charge is 2.31. The van der Waals surface area contributed by atoms with Crippen LogP contribution in [0.5, 0.6) is 5.75 Å². The van der Waals surface area contributed by atoms with Crippen LogP contribution in [-0.2, 0) is 17.9 Å². The van der Waals surface area contributed by atoms with Gasteiger partial charge in [-0.15, -0.1) is 11.3 Å². The number of carbonyl (C=O) groups is 1. The standard InChI is InChI=1S/C21H26N4O2S/c1-15-12-24-13-17(23-21(24)28-15)14-25-18(5-8-20(25)26)9-10-22-11-16-3-6-19(27-2)7-4-16/h3-4,6-7,12-13,18,22H,5,8-11,14H2,1-2H3. The Kier molecular flexibility index (Phi) is 5.64. The number of fused-ring (bicyclic) bond motifs is 1. The van der Waals surface area contributed by atoms with Crippen LogP contribution >= 0.6 is 11.3 Å². The van der Waals surface area contributed by atoms with Crippen LogP contribution in [0.2, 0.25) is 0 Å². The summed E-state index contributed by atoms with van der Waals surface area (Å²) in [5, 5.41) is 3.49. The molecule has 1 aliphatic rings. The zero-order valence-corrected chi connectivity index (χ0v) is 17.2. The highest BCUT2D eigenvalue weighted by molar-refractivity contribution is 7.16. The van der Waals surface area contributed by atoms with Gasteiger partial charge in [0, 0.05) is 36.3 Å². The van der Waals surface area contributed by atoms with Gasteiger partial charge in [0.15, 0.2) is 4.96 Å². The molecule has 1 N–H and O–H groups in total. The Morgan fingerprint density at radius 1 is 1.29 bits per heavy atom. The second-order valence-corrected chi connectivity index (χ2v) is 8.50. The summed E-state index contributed by atoms with van der Waals surface area (Å²) in [5.41, 5.74) is 2.20. The fraction of sp³-hybridized carbons (Fsp3) is 0.429. The zero-order chi connectivity index (χ0) is 19.5. The maximum atomic E-state index is 12.4. The van der Waals surface area contributed by atoms with Crippen molar-refractivity contribution < 1.29 is 9.53 Å². The first-order valence-electron chi connectivity index (χ1n) is 9.69. The number of hydrogen-bond acceptors (Lipinski definition) is 5. The van der Waals surface area contributed by atoms with Crippen molar-refractivity contribution in [2.75, 3.05) is 13.7 Å². The number of amides is 1. The van der Waals surface area contributed by atoms with E-state index in [-0.39, 0.29) is 11.9 Å². The highest BCUT2D eigenvalue weighted by atomic mass is 32.1. The number of thiazole rings is 1. The van der Waals surface area contributed by atoms with E-state index in [9.17, 15) is 4.79 Å². The molecule has 4 rings (SSSR count). The number of hydrogen-bond donors (Lipinski definition) is 1. The van der Waals surface area contributed by atoms with Crippen molar-refractivity contribution in [3.05, 3.63) is 52.8 Å². The number of ether oxygens (including phenoxy) is 1. The van der Waals surface area contributed by atoms with Crippen molar-refractivity contribution in [1.82, 2.24) is 19.6 Å². The van der Waals surface area contributed by atoms with Gasteiger partial charge in [0.2, 0.25) is 5.91 Å². The third-order valence-electron chi connectivity index (χ3n) is 5.25. The van der Waals surface area contributed by atoms with E-state index >= 15 is 0 Å². The third kappa shape index (κ3) is 4.20. The molecule has 0 bridgehead atoms. The van der Waals surface area contributed by atoms with Crippen LogP contribution in [0.15, 0.2) is 36.7 Å². The molecule has 1 aromatic carbocycles. The summed E-state index contributed by atoms with van der Waals surface area (Å²) >= 11 is 1.68. The van der Waals surface area contributed by atoms with Gasteiger partial charge in [0.05, 0.1) is 19.3 Å². The molecule has 2 aromatic heterocycles. The molecule has 28 heavy (non-hydrogen) atoms. The van der Waals surface area contributed by atoms with E-state index in [4.69, 9.17) is 4.74 Å². The smallest absolute Gasteiger partial charge is 0.223 e. The zero-order valence-electron chi connectivity index (χ0n) is 16.4. The molecule has 1 unspecified atom stereocenters. The average molecular weight is 399 g/mol. The van der Waals surface area contributed by atoms with Crippen LogP contribution in [0, 0.1) is 6.92 Å². The molecule has 148 valence electrons. The van der Waals surface area contributed by atoms with E-state index in [1.54, 1.807) is 18.4 Å². The van der Waals surface area contributed by atoms with E-state index in [2.05, 4.69) is 40.0 Å². The monoisotopic (exact) mass is 398 g/mol. The van der Waals surface area contributed by atoms with Gasteiger partial charge in [0.1, 0.15) is 5.75 Å². The minimum atomic E-state index is 0.243. The Hall–Kier alpha value is -2.38. The number of imidazole rings is 1. The van der Waals surface area contributed by atoms with E-state index in [1.807, 2.05) is 23.2 Å². The number of methoxy groups -OCH3 is 1. The Morgan fingerprint density at radius 3 is 2.86 bits per heavy atom. The maximum absolute atomic E-state index is 12.4. The lowest BCUT2D eigenvalue weighted by molar-refractivity contribution is -0.129. The van der Waals surface area contributed by atoms with E-state index < -0.39 is 0 Å². The molecule has 6 nitrogen and oxygen atoms in total. The lowest BCUT2D eigenvalue weighted by Crippen LogP contribution is -2.34. The van der Waals surface area contributed by atoms with Gasteiger partial charge in [-0.05, 0) is 44.0 Å². The number of nitrogens with one attached hydrogen (secondary N) is 1. The summed E-state index contributed by atoms with van der Waals surface area (Å²) in [6, 6.07) is 8.39. The summed E-state index contributed by atoms with van der Waals surface area (Å²) in [7, 11) is 1.68. The predicted molar refractivity (Wildman–Crippen MR) is 111 cm³/mol. The lowest BCUT2D eigenvalue weighted by Gasteiger charge is -2.24. The van der Waals surface area contributed by atoms with Crippen molar-refractivity contribution >= 4 is 22.2 Å². The SMILES string of the molecule is COc1ccc(CNCCC2CCC(=O)N2Cc2cn3cc(C)sc3n2)cc1. The van der Waals surface area contributed by atoms with E-state index in [1.165, 1.54) is 10.4 Å². The molecule has 1 atom stereocenters. The molecule has 3 aromatic rings. The Balaban J connectivity index is 1.29. The fourth-order valence-electron chi connectivity index (χ4n) is 3.77. The fourth-order valence-corrected chi connectivity index (χ4v) is 4.59. The summed E-state index contributed by atoms with van der Waals surface area (Å²) in [6.45, 7) is 4.40. The van der Waals surface area contributed by atoms with Crippen LogP contribution in [0.1, 0.15) is 35.4 Å². The van der Waals surface area contributed by atoms with Crippen LogP contribution < -0.4 is 10.1 Å². The molecule has 7 heteroatoms. The molecule has 3 heterocycles. The second kappa shape index (κ2) is 8.32. The first-order valence-corrected chi connectivity index (χ1v) is 10.5. The number of aromatic nitrogens is 2. The Labute approximate surface area is 169 Å². The van der Waals surface area contributed by atoms with Crippen LogP contribution in [0.3, 0.4) is 0 Å². The number of benzene rings is 1. The quantitative estimate of drug-likeness (QED) is 0.591. The van der Waals surface area contributed by atoms with Gasteiger partial charge >= 0.3 is 0 Å². The third-order valence-corrected chi connectivity index (χ3v) is 6.16. The molecule has 0 aliphatic carbocycles. The Bertz CT molecular complexity index is 916. The number of aryl methyl sites for hydroxylation is 1. The topological polar surface area (TPSA) is 58.9 Å². The molecular formula is C21H26N4O2S. The normalized spacial score (nSPS) is 17.0. The molecule has 0 saturated carbocycles. The predicted octanol–water partition coefficient (Wildman–Crippen LogP) is 3.38. The molecule has 1 fully saturated rings. The summed E-state index contributed by atoms with van der Waals surface area (Å²) in [5.74, 6) is 1.12. The van der Waals surface area contributed by atoms with Crippen LogP contribution in [-0.4, -0.2) is 39.9 Å². The highest BCUT2D eigenvalue weighted by Crippen LogP contribution is 2.24. The first-order chi connectivity index (χ1) is 13.6.